The average Bonchev–Trinajstić information content (AvgIpc) is 1.88. The van der Waals surface area contributed by atoms with Crippen molar-refractivity contribution in [1.82, 2.24) is 5.06 Å². The molecule has 62 valence electrons. The highest BCUT2D eigenvalue weighted by Gasteiger charge is 2.02. The average molecular weight is 146 g/mol. The lowest BCUT2D eigenvalue weighted by Gasteiger charge is -2.18. The van der Waals surface area contributed by atoms with Gasteiger partial charge in [0.2, 0.25) is 0 Å². The van der Waals surface area contributed by atoms with Gasteiger partial charge in [-0.15, -0.1) is 0 Å². The van der Waals surface area contributed by atoms with Crippen molar-refractivity contribution in [2.45, 2.75) is 26.3 Å². The highest BCUT2D eigenvalue weighted by Crippen LogP contribution is 1.91. The van der Waals surface area contributed by atoms with Crippen molar-refractivity contribution in [1.29, 1.82) is 0 Å². The highest BCUT2D eigenvalue weighted by molar-refractivity contribution is 4.58. The minimum Gasteiger partial charge on any atom is -0.326 e. The molecule has 2 N–H and O–H groups in total. The van der Waals surface area contributed by atoms with Crippen LogP contribution in [0, 0.1) is 0 Å². The molecule has 0 saturated carbocycles. The maximum atomic E-state index is 5.68. The maximum absolute atomic E-state index is 5.68. The van der Waals surface area contributed by atoms with Crippen LogP contribution >= 0.6 is 0 Å². The van der Waals surface area contributed by atoms with Gasteiger partial charge in [-0.05, 0) is 13.3 Å². The van der Waals surface area contributed by atoms with Crippen LogP contribution in [0.15, 0.2) is 0 Å². The molecule has 0 bridgehead atoms. The van der Waals surface area contributed by atoms with Crippen molar-refractivity contribution >= 4 is 0 Å². The Morgan fingerprint density at radius 3 is 2.50 bits per heavy atom. The maximum Gasteiger partial charge on any atom is 0.0656 e. The van der Waals surface area contributed by atoms with Gasteiger partial charge in [0, 0.05) is 19.6 Å². The Morgan fingerprint density at radius 1 is 1.50 bits per heavy atom. The Morgan fingerprint density at radius 2 is 2.10 bits per heavy atom. The Kier molecular flexibility index (Phi) is 5.58. The van der Waals surface area contributed by atoms with E-state index < -0.39 is 0 Å². The van der Waals surface area contributed by atoms with Crippen LogP contribution in [0.4, 0.5) is 0 Å². The van der Waals surface area contributed by atoms with Gasteiger partial charge in [-0.3, -0.25) is 4.84 Å². The predicted molar refractivity (Wildman–Crippen MR) is 42.5 cm³/mol. The van der Waals surface area contributed by atoms with E-state index in [-0.39, 0.29) is 6.04 Å². The van der Waals surface area contributed by atoms with Gasteiger partial charge in [0.1, 0.15) is 0 Å². The number of nitrogens with two attached hydrogens (primary N) is 1. The van der Waals surface area contributed by atoms with Gasteiger partial charge in [-0.2, -0.15) is 5.06 Å². The lowest BCUT2D eigenvalue weighted by atomic mass is 10.2. The second-order valence-corrected chi connectivity index (χ2v) is 2.40. The van der Waals surface area contributed by atoms with E-state index in [9.17, 15) is 0 Å². The number of hydrogen-bond donors (Lipinski definition) is 1. The van der Waals surface area contributed by atoms with Crippen LogP contribution in [0.2, 0.25) is 0 Å². The molecule has 0 radical (unpaired) electrons. The molecule has 0 aromatic heterocycles. The molecule has 1 unspecified atom stereocenters. The Labute approximate surface area is 63.1 Å². The van der Waals surface area contributed by atoms with Crippen molar-refractivity contribution in [3.05, 3.63) is 0 Å². The molecule has 0 aliphatic heterocycles. The topological polar surface area (TPSA) is 38.5 Å². The van der Waals surface area contributed by atoms with Gasteiger partial charge in [-0.25, -0.2) is 0 Å². The highest BCUT2D eigenvalue weighted by atomic mass is 16.7. The molecule has 0 amide bonds. The fraction of sp³-hybridized carbons (Fsp3) is 1.00. The third-order valence-electron chi connectivity index (χ3n) is 1.37. The van der Waals surface area contributed by atoms with Crippen LogP contribution in [0.1, 0.15) is 20.3 Å². The summed E-state index contributed by atoms with van der Waals surface area (Å²) in [6.45, 7) is 5.57. The molecule has 0 saturated heterocycles. The Hall–Kier alpha value is -0.120. The molecule has 0 aliphatic rings. The molecule has 0 fully saturated rings. The van der Waals surface area contributed by atoms with Crippen LogP contribution < -0.4 is 5.73 Å². The second-order valence-electron chi connectivity index (χ2n) is 2.40. The van der Waals surface area contributed by atoms with Crippen molar-refractivity contribution in [3.63, 3.8) is 0 Å². The van der Waals surface area contributed by atoms with Gasteiger partial charge in [0.15, 0.2) is 0 Å². The molecular weight excluding hydrogens is 128 g/mol. The molecule has 0 spiro atoms. The lowest BCUT2D eigenvalue weighted by molar-refractivity contribution is -0.137. The number of likely N-dealkylation sites (N-methyl/N-ethyl adjacent to an activating group) is 1. The Balaban J connectivity index is 3.27. The number of hydroxylamine groups is 2. The summed E-state index contributed by atoms with van der Waals surface area (Å²) in [6, 6.07) is 0.233. The standard InChI is InChI=1S/C7H18N2O/c1-4-7(8)6-9(3)10-5-2/h7H,4-6,8H2,1-3H3. The van der Waals surface area contributed by atoms with E-state index in [1.165, 1.54) is 0 Å². The van der Waals surface area contributed by atoms with E-state index in [2.05, 4.69) is 6.92 Å². The van der Waals surface area contributed by atoms with Crippen molar-refractivity contribution in [3.8, 4) is 0 Å². The van der Waals surface area contributed by atoms with Gasteiger partial charge in [-0.1, -0.05) is 6.92 Å². The Bertz CT molecular complexity index is 78.0. The molecule has 0 aromatic carbocycles. The summed E-state index contributed by atoms with van der Waals surface area (Å²) in [5.41, 5.74) is 5.68. The van der Waals surface area contributed by atoms with E-state index in [4.69, 9.17) is 10.6 Å². The first-order chi connectivity index (χ1) is 4.70. The smallest absolute Gasteiger partial charge is 0.0656 e. The van der Waals surface area contributed by atoms with Crippen molar-refractivity contribution < 1.29 is 4.84 Å². The van der Waals surface area contributed by atoms with Gasteiger partial charge in [0.05, 0.1) is 6.61 Å². The van der Waals surface area contributed by atoms with Gasteiger partial charge < -0.3 is 5.73 Å². The molecule has 3 nitrogen and oxygen atoms in total. The van der Waals surface area contributed by atoms with E-state index in [1.54, 1.807) is 5.06 Å². The molecule has 10 heavy (non-hydrogen) atoms. The number of hydrogen-bond acceptors (Lipinski definition) is 3. The normalized spacial score (nSPS) is 14.1. The molecular formula is C7H18N2O. The zero-order valence-electron chi connectivity index (χ0n) is 7.13. The van der Waals surface area contributed by atoms with Crippen LogP contribution in [-0.2, 0) is 4.84 Å². The molecule has 0 aromatic rings. The SMILES string of the molecule is CCON(C)CC(N)CC. The summed E-state index contributed by atoms with van der Waals surface area (Å²) in [5, 5.41) is 1.79. The summed E-state index contributed by atoms with van der Waals surface area (Å²) >= 11 is 0. The largest absolute Gasteiger partial charge is 0.326 e. The predicted octanol–water partition coefficient (Wildman–Crippen LogP) is 0.607. The molecule has 0 rings (SSSR count). The van der Waals surface area contributed by atoms with Crippen LogP contribution in [0.3, 0.4) is 0 Å². The zero-order chi connectivity index (χ0) is 7.98. The third-order valence-corrected chi connectivity index (χ3v) is 1.37. The molecule has 3 heteroatoms. The number of rotatable bonds is 5. The second kappa shape index (κ2) is 5.65. The third kappa shape index (κ3) is 4.73. The van der Waals surface area contributed by atoms with Crippen molar-refractivity contribution in [2.75, 3.05) is 20.2 Å². The van der Waals surface area contributed by atoms with Crippen LogP contribution in [0.5, 0.6) is 0 Å². The molecule has 0 aliphatic carbocycles. The summed E-state index contributed by atoms with van der Waals surface area (Å²) in [7, 11) is 1.90. The lowest BCUT2D eigenvalue weighted by Crippen LogP contribution is -2.34. The zero-order valence-corrected chi connectivity index (χ0v) is 7.13. The molecule has 1 atom stereocenters. The minimum absolute atomic E-state index is 0.233. The summed E-state index contributed by atoms with van der Waals surface area (Å²) in [6.07, 6.45) is 0.997. The van der Waals surface area contributed by atoms with E-state index in [0.717, 1.165) is 13.0 Å². The van der Waals surface area contributed by atoms with E-state index >= 15 is 0 Å². The monoisotopic (exact) mass is 146 g/mol. The fourth-order valence-electron chi connectivity index (χ4n) is 0.732. The minimum atomic E-state index is 0.233. The number of nitrogens with zero attached hydrogens (tertiary/aromatic N) is 1. The quantitative estimate of drug-likeness (QED) is 0.577. The van der Waals surface area contributed by atoms with E-state index in [0.29, 0.717) is 6.61 Å². The summed E-state index contributed by atoms with van der Waals surface area (Å²) in [4.78, 5) is 5.17. The first-order valence-electron chi connectivity index (χ1n) is 3.80. The van der Waals surface area contributed by atoms with Crippen molar-refractivity contribution in [2.24, 2.45) is 5.73 Å². The van der Waals surface area contributed by atoms with E-state index in [1.807, 2.05) is 14.0 Å². The van der Waals surface area contributed by atoms with Crippen LogP contribution in [-0.4, -0.2) is 31.3 Å². The van der Waals surface area contributed by atoms with Gasteiger partial charge in [0.25, 0.3) is 0 Å². The first-order valence-corrected chi connectivity index (χ1v) is 3.80. The summed E-state index contributed by atoms with van der Waals surface area (Å²) in [5.74, 6) is 0. The van der Waals surface area contributed by atoms with Gasteiger partial charge >= 0.3 is 0 Å². The first kappa shape index (κ1) is 9.88. The fourth-order valence-corrected chi connectivity index (χ4v) is 0.732. The van der Waals surface area contributed by atoms with Crippen LogP contribution in [0.25, 0.3) is 0 Å². The summed E-state index contributed by atoms with van der Waals surface area (Å²) < 4.78 is 0. The molecule has 0 heterocycles.